The summed E-state index contributed by atoms with van der Waals surface area (Å²) in [6.07, 6.45) is 4.02. The zero-order valence-corrected chi connectivity index (χ0v) is 8.37. The molecule has 0 aromatic rings. The second kappa shape index (κ2) is 6.35. The van der Waals surface area contributed by atoms with Gasteiger partial charge in [-0.1, -0.05) is 13.3 Å². The van der Waals surface area contributed by atoms with Crippen LogP contribution >= 0.6 is 0 Å². The molecule has 0 aromatic heterocycles. The molecule has 0 saturated carbocycles. The van der Waals surface area contributed by atoms with Gasteiger partial charge in [-0.15, -0.1) is 0 Å². The Labute approximate surface area is 80.0 Å². The molecule has 0 radical (unpaired) electrons. The summed E-state index contributed by atoms with van der Waals surface area (Å²) in [5.41, 5.74) is 0. The van der Waals surface area contributed by atoms with Crippen molar-refractivity contribution in [2.75, 3.05) is 19.8 Å². The SMILES string of the molecule is CCCCOCC1CCC(O)CO1. The summed E-state index contributed by atoms with van der Waals surface area (Å²) in [5.74, 6) is 0. The largest absolute Gasteiger partial charge is 0.391 e. The molecule has 78 valence electrons. The minimum absolute atomic E-state index is 0.209. The molecule has 1 aliphatic rings. The monoisotopic (exact) mass is 188 g/mol. The average Bonchev–Trinajstić information content (AvgIpc) is 2.15. The quantitative estimate of drug-likeness (QED) is 0.662. The van der Waals surface area contributed by atoms with E-state index in [1.165, 1.54) is 6.42 Å². The highest BCUT2D eigenvalue weighted by Crippen LogP contribution is 2.13. The summed E-state index contributed by atoms with van der Waals surface area (Å²) in [7, 11) is 0. The molecule has 1 heterocycles. The highest BCUT2D eigenvalue weighted by molar-refractivity contribution is 4.68. The van der Waals surface area contributed by atoms with E-state index in [1.807, 2.05) is 0 Å². The van der Waals surface area contributed by atoms with Crippen molar-refractivity contribution in [1.29, 1.82) is 0 Å². The first-order valence-corrected chi connectivity index (χ1v) is 5.20. The first-order valence-electron chi connectivity index (χ1n) is 5.20. The maximum Gasteiger partial charge on any atom is 0.0810 e. The van der Waals surface area contributed by atoms with Crippen molar-refractivity contribution in [2.45, 2.75) is 44.8 Å². The van der Waals surface area contributed by atoms with E-state index in [0.29, 0.717) is 13.2 Å². The maximum atomic E-state index is 9.17. The third kappa shape index (κ3) is 4.60. The van der Waals surface area contributed by atoms with Crippen LogP contribution in [0.3, 0.4) is 0 Å². The minimum Gasteiger partial charge on any atom is -0.391 e. The van der Waals surface area contributed by atoms with E-state index in [2.05, 4.69) is 6.92 Å². The van der Waals surface area contributed by atoms with Crippen LogP contribution in [0.15, 0.2) is 0 Å². The zero-order chi connectivity index (χ0) is 9.52. The number of rotatable bonds is 5. The van der Waals surface area contributed by atoms with E-state index in [4.69, 9.17) is 9.47 Å². The van der Waals surface area contributed by atoms with Gasteiger partial charge in [0.1, 0.15) is 0 Å². The molecule has 3 heteroatoms. The Morgan fingerprint density at radius 1 is 1.46 bits per heavy atom. The molecule has 1 rings (SSSR count). The second-order valence-corrected chi connectivity index (χ2v) is 3.61. The highest BCUT2D eigenvalue weighted by Gasteiger charge is 2.19. The Morgan fingerprint density at radius 2 is 2.31 bits per heavy atom. The molecule has 2 atom stereocenters. The van der Waals surface area contributed by atoms with Gasteiger partial charge in [-0.2, -0.15) is 0 Å². The Morgan fingerprint density at radius 3 is 2.92 bits per heavy atom. The fourth-order valence-electron chi connectivity index (χ4n) is 1.38. The lowest BCUT2D eigenvalue weighted by Crippen LogP contribution is -2.32. The van der Waals surface area contributed by atoms with Crippen LogP contribution < -0.4 is 0 Å². The predicted molar refractivity (Wildman–Crippen MR) is 50.7 cm³/mol. The standard InChI is InChI=1S/C10H20O3/c1-2-3-6-12-8-10-5-4-9(11)7-13-10/h9-11H,2-8H2,1H3. The summed E-state index contributed by atoms with van der Waals surface area (Å²) in [6, 6.07) is 0. The fraction of sp³-hybridized carbons (Fsp3) is 1.00. The molecular weight excluding hydrogens is 168 g/mol. The summed E-state index contributed by atoms with van der Waals surface area (Å²) < 4.78 is 10.8. The Kier molecular flexibility index (Phi) is 5.35. The zero-order valence-electron chi connectivity index (χ0n) is 8.37. The van der Waals surface area contributed by atoms with Crippen molar-refractivity contribution in [2.24, 2.45) is 0 Å². The highest BCUT2D eigenvalue weighted by atomic mass is 16.5. The lowest BCUT2D eigenvalue weighted by Gasteiger charge is -2.25. The molecule has 1 N–H and O–H groups in total. The third-order valence-corrected chi connectivity index (χ3v) is 2.29. The van der Waals surface area contributed by atoms with E-state index >= 15 is 0 Å². The summed E-state index contributed by atoms with van der Waals surface area (Å²) in [4.78, 5) is 0. The van der Waals surface area contributed by atoms with Gasteiger partial charge in [-0.3, -0.25) is 0 Å². The number of unbranched alkanes of at least 4 members (excludes halogenated alkanes) is 1. The first kappa shape index (κ1) is 11.0. The Bertz CT molecular complexity index is 119. The van der Waals surface area contributed by atoms with E-state index in [9.17, 15) is 5.11 Å². The molecule has 2 unspecified atom stereocenters. The summed E-state index contributed by atoms with van der Waals surface area (Å²) in [6.45, 7) is 4.14. The van der Waals surface area contributed by atoms with Crippen LogP contribution in [0.1, 0.15) is 32.6 Å². The van der Waals surface area contributed by atoms with Gasteiger partial charge in [0.05, 0.1) is 25.4 Å². The van der Waals surface area contributed by atoms with Gasteiger partial charge in [0.15, 0.2) is 0 Å². The van der Waals surface area contributed by atoms with Crippen LogP contribution in [0.25, 0.3) is 0 Å². The topological polar surface area (TPSA) is 38.7 Å². The van der Waals surface area contributed by atoms with Crippen molar-refractivity contribution in [3.8, 4) is 0 Å². The maximum absolute atomic E-state index is 9.17. The van der Waals surface area contributed by atoms with Crippen LogP contribution in [-0.4, -0.2) is 37.1 Å². The third-order valence-electron chi connectivity index (χ3n) is 2.29. The predicted octanol–water partition coefficient (Wildman–Crippen LogP) is 1.34. The average molecular weight is 188 g/mol. The van der Waals surface area contributed by atoms with E-state index in [-0.39, 0.29) is 12.2 Å². The van der Waals surface area contributed by atoms with Gasteiger partial charge in [-0.25, -0.2) is 0 Å². The number of aliphatic hydroxyl groups is 1. The molecule has 0 bridgehead atoms. The van der Waals surface area contributed by atoms with Gasteiger partial charge in [0.2, 0.25) is 0 Å². The van der Waals surface area contributed by atoms with Gasteiger partial charge < -0.3 is 14.6 Å². The molecule has 0 aromatic carbocycles. The minimum atomic E-state index is -0.258. The lowest BCUT2D eigenvalue weighted by atomic mass is 10.1. The van der Waals surface area contributed by atoms with E-state index in [0.717, 1.165) is 25.9 Å². The number of aliphatic hydroxyl groups excluding tert-OH is 1. The van der Waals surface area contributed by atoms with Crippen LogP contribution in [0.4, 0.5) is 0 Å². The number of hydrogen-bond donors (Lipinski definition) is 1. The Hall–Kier alpha value is -0.120. The van der Waals surface area contributed by atoms with Crippen LogP contribution in [0, 0.1) is 0 Å². The van der Waals surface area contributed by atoms with Crippen molar-refractivity contribution >= 4 is 0 Å². The van der Waals surface area contributed by atoms with Crippen molar-refractivity contribution in [3.05, 3.63) is 0 Å². The molecule has 3 nitrogen and oxygen atoms in total. The van der Waals surface area contributed by atoms with Crippen molar-refractivity contribution < 1.29 is 14.6 Å². The fourth-order valence-corrected chi connectivity index (χ4v) is 1.38. The molecule has 0 aliphatic carbocycles. The summed E-state index contributed by atoms with van der Waals surface area (Å²) in [5, 5.41) is 9.17. The van der Waals surface area contributed by atoms with Crippen LogP contribution in [0.5, 0.6) is 0 Å². The molecule has 0 spiro atoms. The normalized spacial score (nSPS) is 29.1. The van der Waals surface area contributed by atoms with Crippen LogP contribution in [-0.2, 0) is 9.47 Å². The lowest BCUT2D eigenvalue weighted by molar-refractivity contribution is -0.0858. The van der Waals surface area contributed by atoms with Gasteiger partial charge >= 0.3 is 0 Å². The first-order chi connectivity index (χ1) is 6.33. The molecule has 13 heavy (non-hydrogen) atoms. The number of ether oxygens (including phenoxy) is 2. The number of hydrogen-bond acceptors (Lipinski definition) is 3. The smallest absolute Gasteiger partial charge is 0.0810 e. The van der Waals surface area contributed by atoms with Gasteiger partial charge in [0, 0.05) is 6.61 Å². The molecule has 0 amide bonds. The van der Waals surface area contributed by atoms with Gasteiger partial charge in [-0.05, 0) is 19.3 Å². The van der Waals surface area contributed by atoms with Crippen molar-refractivity contribution in [3.63, 3.8) is 0 Å². The van der Waals surface area contributed by atoms with Crippen molar-refractivity contribution in [1.82, 2.24) is 0 Å². The molecular formula is C10H20O3. The second-order valence-electron chi connectivity index (χ2n) is 3.61. The molecule has 1 aliphatic heterocycles. The molecule has 1 saturated heterocycles. The molecule has 1 fully saturated rings. The summed E-state index contributed by atoms with van der Waals surface area (Å²) >= 11 is 0. The van der Waals surface area contributed by atoms with E-state index < -0.39 is 0 Å². The van der Waals surface area contributed by atoms with Gasteiger partial charge in [0.25, 0.3) is 0 Å². The van der Waals surface area contributed by atoms with Crippen LogP contribution in [0.2, 0.25) is 0 Å². The van der Waals surface area contributed by atoms with E-state index in [1.54, 1.807) is 0 Å². The Balaban J connectivity index is 1.96.